The van der Waals surface area contributed by atoms with Crippen LogP contribution in [0.2, 0.25) is 0 Å². The van der Waals surface area contributed by atoms with Crippen LogP contribution in [-0.4, -0.2) is 47.7 Å². The summed E-state index contributed by atoms with van der Waals surface area (Å²) in [4.78, 5) is 29.3. The van der Waals surface area contributed by atoms with E-state index >= 15 is 0 Å². The van der Waals surface area contributed by atoms with Gasteiger partial charge in [0.05, 0.1) is 29.5 Å². The van der Waals surface area contributed by atoms with Gasteiger partial charge in [-0.3, -0.25) is 9.48 Å². The van der Waals surface area contributed by atoms with Crippen LogP contribution < -0.4 is 15.4 Å². The summed E-state index contributed by atoms with van der Waals surface area (Å²) in [6.07, 6.45) is 2.79. The molecule has 4 heterocycles. The van der Waals surface area contributed by atoms with Crippen molar-refractivity contribution in [1.82, 2.24) is 29.7 Å². The number of ether oxygens (including phenoxy) is 1. The van der Waals surface area contributed by atoms with Crippen LogP contribution in [0.3, 0.4) is 0 Å². The third-order valence-corrected chi connectivity index (χ3v) is 5.22. The van der Waals surface area contributed by atoms with Crippen molar-refractivity contribution in [1.29, 1.82) is 0 Å². The quantitative estimate of drug-likeness (QED) is 0.222. The normalized spacial score (nSPS) is 14.4. The smallest absolute Gasteiger partial charge is 0.220 e. The summed E-state index contributed by atoms with van der Waals surface area (Å²) in [7, 11) is 1.34. The van der Waals surface area contributed by atoms with E-state index in [1.807, 2.05) is 0 Å². The standard InChI is InChI=1S/C25H27FN8O3/c1-6-18(35)15-12-28-20(31-19-8-7-16(22(26)32-19)25(2,3)36)11-17(15)30-24-21(37-5)14(9-10-27-24)23-29-13-34(4)33-23/h7-13,36H,6H2,1-5H3,(H2,27,28,30,31,32)/i1D3,4D3. The number of hydrogen-bond acceptors (Lipinski definition) is 10. The van der Waals surface area contributed by atoms with Crippen LogP contribution in [0.25, 0.3) is 11.4 Å². The average molecular weight is 513 g/mol. The number of nitrogens with one attached hydrogen (secondary N) is 2. The Morgan fingerprint density at radius 3 is 2.73 bits per heavy atom. The second-order valence-electron chi connectivity index (χ2n) is 8.31. The molecule has 0 amide bonds. The topological polar surface area (TPSA) is 140 Å². The molecule has 0 bridgehead atoms. The highest BCUT2D eigenvalue weighted by molar-refractivity contribution is 6.02. The molecule has 4 aromatic heterocycles. The number of hydrogen-bond donors (Lipinski definition) is 3. The summed E-state index contributed by atoms with van der Waals surface area (Å²) in [5.41, 5.74) is -1.22. The molecule has 0 saturated heterocycles. The summed E-state index contributed by atoms with van der Waals surface area (Å²) in [5, 5.41) is 19.9. The molecule has 0 saturated carbocycles. The highest BCUT2D eigenvalue weighted by Crippen LogP contribution is 2.36. The third kappa shape index (κ3) is 5.54. The summed E-state index contributed by atoms with van der Waals surface area (Å²) in [5.74, 6) is -1.32. The minimum absolute atomic E-state index is 0.0183. The van der Waals surface area contributed by atoms with Crippen molar-refractivity contribution in [2.24, 2.45) is 6.98 Å². The molecule has 0 atom stereocenters. The average Bonchev–Trinajstić information content (AvgIpc) is 3.38. The predicted octanol–water partition coefficient (Wildman–Crippen LogP) is 4.12. The number of ketones is 1. The van der Waals surface area contributed by atoms with Gasteiger partial charge in [-0.05, 0) is 32.0 Å². The second kappa shape index (κ2) is 10.3. The van der Waals surface area contributed by atoms with Gasteiger partial charge in [0.15, 0.2) is 23.2 Å². The van der Waals surface area contributed by atoms with Gasteiger partial charge in [-0.2, -0.15) is 9.49 Å². The van der Waals surface area contributed by atoms with Crippen molar-refractivity contribution in [3.8, 4) is 17.1 Å². The maximum Gasteiger partial charge on any atom is 0.220 e. The molecule has 12 heteroatoms. The van der Waals surface area contributed by atoms with E-state index in [4.69, 9.17) is 13.0 Å². The lowest BCUT2D eigenvalue weighted by Crippen LogP contribution is -2.18. The maximum atomic E-state index is 14.6. The number of carbonyl (C=O) groups is 1. The van der Waals surface area contributed by atoms with E-state index in [0.29, 0.717) is 4.68 Å². The lowest BCUT2D eigenvalue weighted by Gasteiger charge is -2.18. The van der Waals surface area contributed by atoms with Gasteiger partial charge in [0.25, 0.3) is 0 Å². The molecule has 0 radical (unpaired) electrons. The summed E-state index contributed by atoms with van der Waals surface area (Å²) in [6.45, 7) is -2.28. The lowest BCUT2D eigenvalue weighted by atomic mass is 10.0. The molecule has 3 N–H and O–H groups in total. The first-order chi connectivity index (χ1) is 20.0. The van der Waals surface area contributed by atoms with Crippen LogP contribution in [0.5, 0.6) is 5.75 Å². The van der Waals surface area contributed by atoms with E-state index in [0.717, 1.165) is 12.5 Å². The first-order valence-electron chi connectivity index (χ1n) is 13.9. The monoisotopic (exact) mass is 512 g/mol. The first kappa shape index (κ1) is 18.8. The SMILES string of the molecule is [2H]C([2H])([2H])CC(=O)c1cnc(Nc2ccc(C(C)(C)O)c(F)n2)cc1Nc1nccc(-c2ncn(C([2H])([2H])[2H])n2)c1OC. The van der Waals surface area contributed by atoms with Crippen LogP contribution >= 0.6 is 0 Å². The Morgan fingerprint density at radius 1 is 1.22 bits per heavy atom. The van der Waals surface area contributed by atoms with Gasteiger partial charge in [-0.1, -0.05) is 6.85 Å². The maximum absolute atomic E-state index is 14.6. The summed E-state index contributed by atoms with van der Waals surface area (Å²) in [6, 6.07) is 5.66. The van der Waals surface area contributed by atoms with Gasteiger partial charge in [0.2, 0.25) is 5.95 Å². The molecule has 4 aromatic rings. The fourth-order valence-electron chi connectivity index (χ4n) is 3.47. The molecule has 11 nitrogen and oxygen atoms in total. The summed E-state index contributed by atoms with van der Waals surface area (Å²) < 4.78 is 66.0. The number of anilines is 4. The first-order valence-corrected chi connectivity index (χ1v) is 10.9. The van der Waals surface area contributed by atoms with E-state index in [1.165, 1.54) is 51.4 Å². The van der Waals surface area contributed by atoms with Crippen LogP contribution in [0, 0.1) is 5.95 Å². The number of aliphatic hydroxyl groups is 1. The number of halogens is 1. The molecule has 0 aromatic carbocycles. The van der Waals surface area contributed by atoms with Gasteiger partial charge in [0.1, 0.15) is 18.0 Å². The van der Waals surface area contributed by atoms with Crippen molar-refractivity contribution in [2.45, 2.75) is 32.7 Å². The number of methoxy groups -OCH3 is 1. The molecule has 0 aliphatic carbocycles. The number of carbonyl (C=O) groups excluding carboxylic acids is 1. The molecule has 0 aliphatic rings. The molecule has 0 fully saturated rings. The van der Waals surface area contributed by atoms with E-state index < -0.39 is 37.6 Å². The van der Waals surface area contributed by atoms with Gasteiger partial charge in [-0.15, -0.1) is 0 Å². The number of rotatable bonds is 9. The Labute approximate surface area is 221 Å². The fraction of sp³-hybridized carbons (Fsp3) is 0.280. The molecule has 0 aliphatic heterocycles. The molecule has 4 rings (SSSR count). The predicted molar refractivity (Wildman–Crippen MR) is 136 cm³/mol. The van der Waals surface area contributed by atoms with Gasteiger partial charge < -0.3 is 20.5 Å². The Morgan fingerprint density at radius 2 is 2.05 bits per heavy atom. The number of nitrogens with zero attached hydrogens (tertiary/aromatic N) is 6. The minimum Gasteiger partial charge on any atom is -0.492 e. The van der Waals surface area contributed by atoms with Crippen LogP contribution in [0.1, 0.15) is 51.3 Å². The zero-order valence-electron chi connectivity index (χ0n) is 26.1. The lowest BCUT2D eigenvalue weighted by molar-refractivity contribution is 0.0737. The van der Waals surface area contributed by atoms with E-state index in [-0.39, 0.29) is 51.4 Å². The third-order valence-electron chi connectivity index (χ3n) is 5.22. The van der Waals surface area contributed by atoms with Gasteiger partial charge >= 0.3 is 0 Å². The Balaban J connectivity index is 1.75. The zero-order chi connectivity index (χ0) is 31.7. The molecular formula is C25H27FN8O3. The van der Waals surface area contributed by atoms with Crippen LogP contribution in [-0.2, 0) is 12.6 Å². The highest BCUT2D eigenvalue weighted by Gasteiger charge is 2.22. The van der Waals surface area contributed by atoms with Crippen molar-refractivity contribution in [3.05, 3.63) is 60.1 Å². The molecular weight excluding hydrogens is 479 g/mol. The van der Waals surface area contributed by atoms with E-state index in [2.05, 4.69) is 35.7 Å². The van der Waals surface area contributed by atoms with Gasteiger partial charge in [0, 0.05) is 45.6 Å². The number of aryl methyl sites for hydroxylation is 1. The Kier molecular flexibility index (Phi) is 5.21. The number of Topliss-reactive ketones (excluding diaryl/α,β-unsaturated/α-hetero) is 1. The molecule has 192 valence electrons. The molecule has 0 unspecified atom stereocenters. The number of aromatic nitrogens is 6. The second-order valence-corrected chi connectivity index (χ2v) is 8.31. The van der Waals surface area contributed by atoms with E-state index in [9.17, 15) is 14.3 Å². The largest absolute Gasteiger partial charge is 0.492 e. The minimum atomic E-state index is -2.56. The van der Waals surface area contributed by atoms with Crippen molar-refractivity contribution in [3.63, 3.8) is 0 Å². The Bertz CT molecular complexity index is 1650. The molecule has 0 spiro atoms. The van der Waals surface area contributed by atoms with Crippen molar-refractivity contribution in [2.75, 3.05) is 17.7 Å². The Hall–Kier alpha value is -4.45. The fourth-order valence-corrected chi connectivity index (χ4v) is 3.47. The van der Waals surface area contributed by atoms with Gasteiger partial charge in [-0.25, -0.2) is 19.9 Å². The van der Waals surface area contributed by atoms with Crippen molar-refractivity contribution >= 4 is 28.9 Å². The number of pyridine rings is 3. The zero-order valence-corrected chi connectivity index (χ0v) is 20.1. The summed E-state index contributed by atoms with van der Waals surface area (Å²) >= 11 is 0. The van der Waals surface area contributed by atoms with Crippen LogP contribution in [0.4, 0.5) is 27.5 Å². The highest BCUT2D eigenvalue weighted by atomic mass is 19.1. The molecule has 37 heavy (non-hydrogen) atoms. The van der Waals surface area contributed by atoms with Crippen LogP contribution in [0.15, 0.2) is 43.0 Å². The van der Waals surface area contributed by atoms with E-state index in [1.54, 1.807) is 0 Å². The van der Waals surface area contributed by atoms with Crippen molar-refractivity contribution < 1.29 is 27.3 Å².